The van der Waals surface area contributed by atoms with Crippen LogP contribution in [0.2, 0.25) is 0 Å². The predicted octanol–water partition coefficient (Wildman–Crippen LogP) is 2.30. The fraction of sp³-hybridized carbons (Fsp3) is 0.455. The van der Waals surface area contributed by atoms with E-state index in [9.17, 15) is 22.8 Å². The van der Waals surface area contributed by atoms with Gasteiger partial charge >= 0.3 is 6.18 Å². The number of anilines is 1. The first-order valence-corrected chi connectivity index (χ1v) is 10.5. The van der Waals surface area contributed by atoms with Gasteiger partial charge in [0.2, 0.25) is 5.91 Å². The highest BCUT2D eigenvalue weighted by Crippen LogP contribution is 2.45. The van der Waals surface area contributed by atoms with Gasteiger partial charge in [-0.15, -0.1) is 0 Å². The zero-order valence-electron chi connectivity index (χ0n) is 18.0. The van der Waals surface area contributed by atoms with Crippen molar-refractivity contribution in [2.75, 3.05) is 24.5 Å². The standard InChI is InChI=1S/C22H23F3N6O2/c1-29-17(4-7-28-29)20(33)31-13-21(11-18(31)19(27)32)5-8-30(9-6-21)15-3-2-14(12-26)16(10-15)22(23,24)25/h2-4,7,10,18H,5-6,8-9,11,13H2,1H3,(H2,27,32). The molecule has 2 amide bonds. The summed E-state index contributed by atoms with van der Waals surface area (Å²) in [5.74, 6) is -0.897. The maximum absolute atomic E-state index is 13.3. The maximum atomic E-state index is 13.3. The van der Waals surface area contributed by atoms with Gasteiger partial charge in [-0.25, -0.2) is 0 Å². The molecule has 8 nitrogen and oxygen atoms in total. The fourth-order valence-corrected chi connectivity index (χ4v) is 4.92. The lowest BCUT2D eigenvalue weighted by atomic mass is 9.76. The summed E-state index contributed by atoms with van der Waals surface area (Å²) < 4.78 is 41.5. The van der Waals surface area contributed by atoms with Gasteiger partial charge in [-0.05, 0) is 48.9 Å². The van der Waals surface area contributed by atoms with Gasteiger partial charge in [-0.1, -0.05) is 0 Å². The van der Waals surface area contributed by atoms with E-state index in [1.807, 2.05) is 4.90 Å². The summed E-state index contributed by atoms with van der Waals surface area (Å²) in [6.07, 6.45) is -1.52. The molecule has 0 bridgehead atoms. The number of nitriles is 1. The van der Waals surface area contributed by atoms with Crippen LogP contribution in [0.3, 0.4) is 0 Å². The van der Waals surface area contributed by atoms with E-state index >= 15 is 0 Å². The molecular formula is C22H23F3N6O2. The summed E-state index contributed by atoms with van der Waals surface area (Å²) in [5, 5.41) is 13.0. The number of aromatic nitrogens is 2. The Bertz CT molecular complexity index is 1130. The van der Waals surface area contributed by atoms with Gasteiger partial charge in [0.15, 0.2) is 0 Å². The van der Waals surface area contributed by atoms with Crippen LogP contribution in [0.5, 0.6) is 0 Å². The van der Waals surface area contributed by atoms with Crippen molar-refractivity contribution in [3.05, 3.63) is 47.3 Å². The number of alkyl halides is 3. The van der Waals surface area contributed by atoms with Gasteiger partial charge in [0.25, 0.3) is 5.91 Å². The Labute approximate surface area is 188 Å². The molecule has 1 aromatic carbocycles. The molecule has 1 aromatic heterocycles. The zero-order valence-corrected chi connectivity index (χ0v) is 18.0. The van der Waals surface area contributed by atoms with E-state index in [0.717, 1.165) is 6.07 Å². The average molecular weight is 460 g/mol. The number of halogens is 3. The second-order valence-electron chi connectivity index (χ2n) is 8.72. The highest BCUT2D eigenvalue weighted by atomic mass is 19.4. The Hall–Kier alpha value is -3.55. The monoisotopic (exact) mass is 460 g/mol. The second kappa shape index (κ2) is 8.10. The number of amides is 2. The van der Waals surface area contributed by atoms with Gasteiger partial charge in [0, 0.05) is 38.6 Å². The van der Waals surface area contributed by atoms with Crippen LogP contribution >= 0.6 is 0 Å². The lowest BCUT2D eigenvalue weighted by Gasteiger charge is -2.40. The van der Waals surface area contributed by atoms with Crippen LogP contribution in [-0.4, -0.2) is 52.2 Å². The zero-order chi connectivity index (χ0) is 24.0. The molecule has 1 atom stereocenters. The lowest BCUT2D eigenvalue weighted by Crippen LogP contribution is -2.45. The topological polar surface area (TPSA) is 108 Å². The third-order valence-electron chi connectivity index (χ3n) is 6.76. The van der Waals surface area contributed by atoms with Crippen molar-refractivity contribution in [3.63, 3.8) is 0 Å². The molecule has 4 rings (SSSR count). The summed E-state index contributed by atoms with van der Waals surface area (Å²) in [4.78, 5) is 28.5. The molecule has 2 aliphatic heterocycles. The first-order valence-electron chi connectivity index (χ1n) is 10.5. The van der Waals surface area contributed by atoms with Crippen molar-refractivity contribution in [3.8, 4) is 6.07 Å². The van der Waals surface area contributed by atoms with Crippen LogP contribution < -0.4 is 10.6 Å². The highest BCUT2D eigenvalue weighted by Gasteiger charge is 2.49. The number of carbonyl (C=O) groups excluding carboxylic acids is 2. The molecule has 2 aromatic rings. The first-order chi connectivity index (χ1) is 15.5. The minimum Gasteiger partial charge on any atom is -0.371 e. The van der Waals surface area contributed by atoms with E-state index in [4.69, 9.17) is 11.0 Å². The van der Waals surface area contributed by atoms with Gasteiger partial charge in [-0.2, -0.15) is 23.5 Å². The molecule has 1 spiro atoms. The number of nitrogens with two attached hydrogens (primary N) is 1. The number of rotatable bonds is 3. The molecule has 0 aliphatic carbocycles. The average Bonchev–Trinajstić information content (AvgIpc) is 3.37. The minimum atomic E-state index is -4.62. The predicted molar refractivity (Wildman–Crippen MR) is 112 cm³/mol. The number of hydrogen-bond acceptors (Lipinski definition) is 5. The van der Waals surface area contributed by atoms with Crippen LogP contribution in [0.1, 0.15) is 40.9 Å². The van der Waals surface area contributed by atoms with E-state index in [2.05, 4.69) is 5.10 Å². The Balaban J connectivity index is 1.52. The van der Waals surface area contributed by atoms with Crippen LogP contribution in [0.15, 0.2) is 30.5 Å². The molecule has 174 valence electrons. The van der Waals surface area contributed by atoms with E-state index in [0.29, 0.717) is 50.3 Å². The number of hydrogen-bond donors (Lipinski definition) is 1. The van der Waals surface area contributed by atoms with Crippen molar-refractivity contribution >= 4 is 17.5 Å². The van der Waals surface area contributed by atoms with Crippen molar-refractivity contribution in [2.24, 2.45) is 18.2 Å². The Morgan fingerprint density at radius 1 is 1.24 bits per heavy atom. The molecular weight excluding hydrogens is 437 g/mol. The molecule has 3 heterocycles. The van der Waals surface area contributed by atoms with Gasteiger partial charge in [-0.3, -0.25) is 14.3 Å². The number of likely N-dealkylation sites (tertiary alicyclic amines) is 1. The van der Waals surface area contributed by atoms with Gasteiger partial charge < -0.3 is 15.5 Å². The molecule has 0 radical (unpaired) electrons. The summed E-state index contributed by atoms with van der Waals surface area (Å²) in [7, 11) is 1.64. The van der Waals surface area contributed by atoms with Gasteiger partial charge in [0.1, 0.15) is 11.7 Å². The third kappa shape index (κ3) is 4.13. The van der Waals surface area contributed by atoms with E-state index < -0.39 is 29.3 Å². The summed E-state index contributed by atoms with van der Waals surface area (Å²) in [5.41, 5.74) is 4.65. The first kappa shape index (κ1) is 22.6. The maximum Gasteiger partial charge on any atom is 0.417 e. The summed E-state index contributed by atoms with van der Waals surface area (Å²) >= 11 is 0. The lowest BCUT2D eigenvalue weighted by molar-refractivity contribution is -0.137. The van der Waals surface area contributed by atoms with E-state index in [1.165, 1.54) is 27.9 Å². The number of piperidine rings is 1. The molecule has 2 N–H and O–H groups in total. The van der Waals surface area contributed by atoms with Crippen LogP contribution in [-0.2, 0) is 18.0 Å². The SMILES string of the molecule is Cn1nccc1C(=O)N1CC2(CCN(c3ccc(C#N)c(C(F)(F)F)c3)CC2)CC1C(N)=O. The summed E-state index contributed by atoms with van der Waals surface area (Å²) in [6.45, 7) is 1.27. The van der Waals surface area contributed by atoms with Gasteiger partial charge in [0.05, 0.1) is 17.2 Å². The Morgan fingerprint density at radius 3 is 2.48 bits per heavy atom. The molecule has 11 heteroatoms. The quantitative estimate of drug-likeness (QED) is 0.756. The number of benzene rings is 1. The molecule has 2 aliphatic rings. The summed E-state index contributed by atoms with van der Waals surface area (Å²) in [6, 6.07) is 6.15. The van der Waals surface area contributed by atoms with E-state index in [-0.39, 0.29) is 11.3 Å². The van der Waals surface area contributed by atoms with Crippen LogP contribution in [0, 0.1) is 16.7 Å². The third-order valence-corrected chi connectivity index (χ3v) is 6.76. The second-order valence-corrected chi connectivity index (χ2v) is 8.72. The smallest absolute Gasteiger partial charge is 0.371 e. The largest absolute Gasteiger partial charge is 0.417 e. The molecule has 33 heavy (non-hydrogen) atoms. The van der Waals surface area contributed by atoms with Crippen LogP contribution in [0.25, 0.3) is 0 Å². The van der Waals surface area contributed by atoms with Crippen molar-refractivity contribution in [1.29, 1.82) is 5.26 Å². The number of carbonyl (C=O) groups is 2. The molecule has 2 saturated heterocycles. The fourth-order valence-electron chi connectivity index (χ4n) is 4.92. The number of primary amides is 1. The normalized spacial score (nSPS) is 20.2. The molecule has 1 unspecified atom stereocenters. The van der Waals surface area contributed by atoms with Crippen molar-refractivity contribution in [2.45, 2.75) is 31.5 Å². The molecule has 2 fully saturated rings. The minimum absolute atomic E-state index is 0.319. The molecule has 0 saturated carbocycles. The van der Waals surface area contributed by atoms with Crippen LogP contribution in [0.4, 0.5) is 18.9 Å². The Kier molecular flexibility index (Phi) is 5.56. The Morgan fingerprint density at radius 2 is 1.94 bits per heavy atom. The highest BCUT2D eigenvalue weighted by molar-refractivity contribution is 5.96. The van der Waals surface area contributed by atoms with Crippen molar-refractivity contribution < 1.29 is 22.8 Å². The number of aryl methyl sites for hydroxylation is 1. The van der Waals surface area contributed by atoms with E-state index in [1.54, 1.807) is 19.2 Å². The number of nitrogens with zero attached hydrogens (tertiary/aromatic N) is 5. The van der Waals surface area contributed by atoms with Crippen molar-refractivity contribution in [1.82, 2.24) is 14.7 Å².